The molecule has 0 bridgehead atoms. The average molecular weight is 154 g/mol. The first-order valence-electron chi connectivity index (χ1n) is 2.74. The number of nitrogen functional groups attached to an aromatic ring is 1. The third-order valence-corrected chi connectivity index (χ3v) is 1.20. The first-order valence-corrected chi connectivity index (χ1v) is 2.74. The molecule has 0 aliphatic heterocycles. The lowest BCUT2D eigenvalue weighted by Crippen LogP contribution is -2.25. The lowest BCUT2D eigenvalue weighted by molar-refractivity contribution is 0.431. The van der Waals surface area contributed by atoms with Gasteiger partial charge in [-0.05, 0) is 6.07 Å². The van der Waals surface area contributed by atoms with Crippen molar-refractivity contribution in [3.63, 3.8) is 0 Å². The van der Waals surface area contributed by atoms with Gasteiger partial charge in [-0.25, -0.2) is 5.53 Å². The van der Waals surface area contributed by atoms with Gasteiger partial charge in [0.25, 0.3) is 5.56 Å². The van der Waals surface area contributed by atoms with E-state index in [0.29, 0.717) is 4.68 Å². The highest BCUT2D eigenvalue weighted by Gasteiger charge is 2.03. The topological polar surface area (TPSA) is 104 Å². The highest BCUT2D eigenvalue weighted by atomic mass is 16.3. The van der Waals surface area contributed by atoms with Crippen molar-refractivity contribution in [3.8, 4) is 5.88 Å². The maximum atomic E-state index is 10.7. The number of rotatable bonds is 1. The zero-order chi connectivity index (χ0) is 8.43. The van der Waals surface area contributed by atoms with Gasteiger partial charge in [-0.15, -0.1) is 0 Å². The summed E-state index contributed by atoms with van der Waals surface area (Å²) in [4.78, 5) is 10.7. The number of aromatic nitrogens is 1. The molecule has 0 saturated carbocycles. The summed E-state index contributed by atoms with van der Waals surface area (Å²) in [6.07, 6.45) is 0. The summed E-state index contributed by atoms with van der Waals surface area (Å²) in [5.74, 6) is 4.56. The zero-order valence-corrected chi connectivity index (χ0v) is 5.48. The fraction of sp³-hybridized carbons (Fsp3) is 0. The third kappa shape index (κ3) is 1.05. The Morgan fingerprint density at radius 2 is 2.27 bits per heavy atom. The molecule has 0 atom stereocenters. The van der Waals surface area contributed by atoms with E-state index in [1.165, 1.54) is 6.07 Å². The molecule has 1 heterocycles. The fourth-order valence-electron chi connectivity index (χ4n) is 0.620. The minimum absolute atomic E-state index is 0.0351. The molecule has 58 valence electrons. The number of nitrogens with zero attached hydrogens (tertiary/aromatic N) is 2. The van der Waals surface area contributed by atoms with Crippen LogP contribution in [0, 0.1) is 5.53 Å². The van der Waals surface area contributed by atoms with Crippen LogP contribution in [0.4, 0.5) is 5.69 Å². The Hall–Kier alpha value is -1.85. The van der Waals surface area contributed by atoms with Crippen molar-refractivity contribution >= 4 is 5.69 Å². The van der Waals surface area contributed by atoms with Crippen LogP contribution in [-0.2, 0) is 0 Å². The molecule has 6 heteroatoms. The molecule has 0 amide bonds. The molecule has 1 rings (SSSR count). The molecule has 0 saturated heterocycles. The second-order valence-corrected chi connectivity index (χ2v) is 1.86. The number of hydrogen-bond acceptors (Lipinski definition) is 5. The largest absolute Gasteiger partial charge is 0.492 e. The molecule has 0 aliphatic rings. The lowest BCUT2D eigenvalue weighted by atomic mass is 10.4. The summed E-state index contributed by atoms with van der Waals surface area (Å²) >= 11 is 0. The van der Waals surface area contributed by atoms with Crippen LogP contribution in [0.15, 0.2) is 22.0 Å². The van der Waals surface area contributed by atoms with E-state index in [4.69, 9.17) is 16.5 Å². The van der Waals surface area contributed by atoms with E-state index in [1.54, 1.807) is 0 Å². The monoisotopic (exact) mass is 154 g/mol. The summed E-state index contributed by atoms with van der Waals surface area (Å²) in [6, 6.07) is 2.33. The van der Waals surface area contributed by atoms with E-state index in [9.17, 15) is 4.79 Å². The molecule has 0 fully saturated rings. The SMILES string of the molecule is N=Nc1ccc(=O)n(N)c1O. The molecular formula is C5H6N4O2. The van der Waals surface area contributed by atoms with Crippen molar-refractivity contribution in [2.45, 2.75) is 0 Å². The van der Waals surface area contributed by atoms with Gasteiger partial charge in [0.15, 0.2) is 0 Å². The van der Waals surface area contributed by atoms with Crippen LogP contribution in [0.3, 0.4) is 0 Å². The Kier molecular flexibility index (Phi) is 1.59. The second kappa shape index (κ2) is 2.41. The summed E-state index contributed by atoms with van der Waals surface area (Å²) < 4.78 is 0.521. The maximum Gasteiger partial charge on any atom is 0.271 e. The Balaban J connectivity index is 3.48. The summed E-state index contributed by atoms with van der Waals surface area (Å²) in [7, 11) is 0. The van der Waals surface area contributed by atoms with Gasteiger partial charge in [-0.3, -0.25) is 4.79 Å². The van der Waals surface area contributed by atoms with Crippen LogP contribution >= 0.6 is 0 Å². The molecule has 1 aromatic rings. The second-order valence-electron chi connectivity index (χ2n) is 1.86. The number of aromatic hydroxyl groups is 1. The van der Waals surface area contributed by atoms with Crippen LogP contribution in [-0.4, -0.2) is 9.78 Å². The highest BCUT2D eigenvalue weighted by Crippen LogP contribution is 2.20. The van der Waals surface area contributed by atoms with Crippen molar-refractivity contribution < 1.29 is 5.11 Å². The Morgan fingerprint density at radius 3 is 2.82 bits per heavy atom. The van der Waals surface area contributed by atoms with Crippen molar-refractivity contribution in [1.82, 2.24) is 4.68 Å². The van der Waals surface area contributed by atoms with E-state index < -0.39 is 11.4 Å². The van der Waals surface area contributed by atoms with Crippen LogP contribution in [0.1, 0.15) is 0 Å². The van der Waals surface area contributed by atoms with Gasteiger partial charge < -0.3 is 10.9 Å². The molecule has 1 aromatic heterocycles. The third-order valence-electron chi connectivity index (χ3n) is 1.20. The van der Waals surface area contributed by atoms with Gasteiger partial charge in [0.05, 0.1) is 0 Å². The van der Waals surface area contributed by atoms with Crippen LogP contribution in [0.25, 0.3) is 0 Å². The summed E-state index contributed by atoms with van der Waals surface area (Å²) in [5.41, 5.74) is 5.96. The Labute approximate surface area is 61.4 Å². The van der Waals surface area contributed by atoms with Crippen molar-refractivity contribution in [2.75, 3.05) is 5.84 Å². The van der Waals surface area contributed by atoms with E-state index >= 15 is 0 Å². The first kappa shape index (κ1) is 7.26. The van der Waals surface area contributed by atoms with Crippen LogP contribution < -0.4 is 11.4 Å². The van der Waals surface area contributed by atoms with Gasteiger partial charge in [0, 0.05) is 6.07 Å². The first-order chi connectivity index (χ1) is 5.16. The van der Waals surface area contributed by atoms with E-state index in [0.717, 1.165) is 6.07 Å². The molecular weight excluding hydrogens is 148 g/mol. The molecule has 0 radical (unpaired) electrons. The van der Waals surface area contributed by atoms with E-state index in [2.05, 4.69) is 5.11 Å². The van der Waals surface area contributed by atoms with Crippen LogP contribution in [0.5, 0.6) is 5.88 Å². The van der Waals surface area contributed by atoms with Crippen molar-refractivity contribution in [1.29, 1.82) is 5.53 Å². The predicted octanol–water partition coefficient (Wildman–Crippen LogP) is -0.0698. The standard InChI is InChI=1S/C5H6N4O2/c6-8-3-1-2-4(10)9(7)5(3)11/h1-2,6,11H,7H2. The normalized spacial score (nSPS) is 9.45. The molecule has 0 aromatic carbocycles. The van der Waals surface area contributed by atoms with Gasteiger partial charge in [-0.1, -0.05) is 0 Å². The smallest absolute Gasteiger partial charge is 0.271 e. The highest BCUT2D eigenvalue weighted by molar-refractivity contribution is 5.45. The molecule has 6 nitrogen and oxygen atoms in total. The number of pyridine rings is 1. The Morgan fingerprint density at radius 1 is 1.64 bits per heavy atom. The van der Waals surface area contributed by atoms with Crippen molar-refractivity contribution in [3.05, 3.63) is 22.5 Å². The van der Waals surface area contributed by atoms with E-state index in [1.807, 2.05) is 0 Å². The maximum absolute atomic E-state index is 10.7. The van der Waals surface area contributed by atoms with Crippen LogP contribution in [0.2, 0.25) is 0 Å². The summed E-state index contributed by atoms with van der Waals surface area (Å²) in [5, 5.41) is 11.9. The molecule has 0 spiro atoms. The van der Waals surface area contributed by atoms with E-state index in [-0.39, 0.29) is 5.69 Å². The lowest BCUT2D eigenvalue weighted by Gasteiger charge is -2.00. The average Bonchev–Trinajstić information content (AvgIpc) is 2.01. The zero-order valence-electron chi connectivity index (χ0n) is 5.48. The van der Waals surface area contributed by atoms with Gasteiger partial charge in [0.2, 0.25) is 5.88 Å². The van der Waals surface area contributed by atoms with Gasteiger partial charge >= 0.3 is 0 Å². The number of nitrogens with one attached hydrogen (secondary N) is 1. The fourth-order valence-corrected chi connectivity index (χ4v) is 0.620. The van der Waals surface area contributed by atoms with Crippen molar-refractivity contribution in [2.24, 2.45) is 5.11 Å². The molecule has 0 unspecified atom stereocenters. The molecule has 11 heavy (non-hydrogen) atoms. The van der Waals surface area contributed by atoms with Gasteiger partial charge in [-0.2, -0.15) is 9.79 Å². The number of hydrogen-bond donors (Lipinski definition) is 3. The number of nitrogens with two attached hydrogens (primary N) is 1. The van der Waals surface area contributed by atoms with Gasteiger partial charge in [0.1, 0.15) is 5.69 Å². The summed E-state index contributed by atoms with van der Waals surface area (Å²) in [6.45, 7) is 0. The quantitative estimate of drug-likeness (QED) is 0.389. The predicted molar refractivity (Wildman–Crippen MR) is 37.3 cm³/mol. The minimum Gasteiger partial charge on any atom is -0.492 e. The Bertz CT molecular complexity index is 343. The minimum atomic E-state index is -0.546. The molecule has 0 aliphatic carbocycles. The molecule has 4 N–H and O–H groups in total.